The van der Waals surface area contributed by atoms with Gasteiger partial charge in [-0.25, -0.2) is 4.68 Å². The van der Waals surface area contributed by atoms with Gasteiger partial charge in [-0.2, -0.15) is 10.4 Å². The summed E-state index contributed by atoms with van der Waals surface area (Å²) in [5, 5.41) is 16.5. The quantitative estimate of drug-likeness (QED) is 0.792. The molecule has 0 radical (unpaired) electrons. The van der Waals surface area contributed by atoms with E-state index >= 15 is 0 Å². The highest BCUT2D eigenvalue weighted by Crippen LogP contribution is 2.27. The van der Waals surface area contributed by atoms with Crippen LogP contribution in [0.3, 0.4) is 0 Å². The number of para-hydroxylation sites is 1. The van der Waals surface area contributed by atoms with Gasteiger partial charge in [0.2, 0.25) is 5.91 Å². The Kier molecular flexibility index (Phi) is 5.69. The van der Waals surface area contributed by atoms with Crippen LogP contribution in [0.5, 0.6) is 0 Å². The van der Waals surface area contributed by atoms with Crippen molar-refractivity contribution in [3.63, 3.8) is 0 Å². The molecule has 1 aromatic heterocycles. The highest BCUT2D eigenvalue weighted by atomic mass is 16.2. The van der Waals surface area contributed by atoms with Gasteiger partial charge in [0.1, 0.15) is 11.6 Å². The van der Waals surface area contributed by atoms with E-state index in [2.05, 4.69) is 35.2 Å². The lowest BCUT2D eigenvalue weighted by Gasteiger charge is -2.22. The van der Waals surface area contributed by atoms with Crippen molar-refractivity contribution in [2.75, 3.05) is 18.4 Å². The lowest BCUT2D eigenvalue weighted by Crippen LogP contribution is -2.36. The highest BCUT2D eigenvalue weighted by Gasteiger charge is 2.30. The number of benzene rings is 1. The zero-order chi connectivity index (χ0) is 18.5. The lowest BCUT2D eigenvalue weighted by atomic mass is 10.1. The minimum absolute atomic E-state index is 0.102. The number of amides is 1. The van der Waals surface area contributed by atoms with E-state index in [4.69, 9.17) is 0 Å². The molecule has 1 saturated carbocycles. The number of nitriles is 1. The Hall–Kier alpha value is -2.65. The number of anilines is 1. The van der Waals surface area contributed by atoms with Gasteiger partial charge >= 0.3 is 0 Å². The average molecular weight is 351 g/mol. The summed E-state index contributed by atoms with van der Waals surface area (Å²) < 4.78 is 1.60. The summed E-state index contributed by atoms with van der Waals surface area (Å²) in [5.74, 6) is 0.946. The number of nitrogens with one attached hydrogen (secondary N) is 1. The summed E-state index contributed by atoms with van der Waals surface area (Å²) in [6, 6.07) is 12.1. The molecule has 6 heteroatoms. The van der Waals surface area contributed by atoms with Crippen molar-refractivity contribution in [2.45, 2.75) is 39.2 Å². The van der Waals surface area contributed by atoms with Crippen molar-refractivity contribution in [1.82, 2.24) is 14.7 Å². The third kappa shape index (κ3) is 4.50. The monoisotopic (exact) mass is 351 g/mol. The molecule has 1 aromatic carbocycles. The first-order valence-corrected chi connectivity index (χ1v) is 9.16. The molecule has 1 amide bonds. The molecule has 136 valence electrons. The van der Waals surface area contributed by atoms with Crippen LogP contribution < -0.4 is 5.32 Å². The van der Waals surface area contributed by atoms with Crippen LogP contribution in [0.1, 0.15) is 38.7 Å². The Bertz CT molecular complexity index is 786. The van der Waals surface area contributed by atoms with E-state index in [0.717, 1.165) is 31.5 Å². The minimum atomic E-state index is -0.102. The molecule has 0 saturated heterocycles. The predicted molar refractivity (Wildman–Crippen MR) is 101 cm³/mol. The molecule has 0 unspecified atom stereocenters. The third-order valence-corrected chi connectivity index (χ3v) is 4.55. The van der Waals surface area contributed by atoms with Crippen LogP contribution in [0, 0.1) is 17.2 Å². The van der Waals surface area contributed by atoms with Crippen LogP contribution in [0.25, 0.3) is 5.69 Å². The van der Waals surface area contributed by atoms with Gasteiger partial charge in [-0.05, 0) is 43.9 Å². The number of carbonyl (C=O) groups is 1. The molecule has 0 bridgehead atoms. The number of rotatable bonds is 8. The van der Waals surface area contributed by atoms with Gasteiger partial charge in [-0.3, -0.25) is 9.69 Å². The van der Waals surface area contributed by atoms with Gasteiger partial charge in [-0.15, -0.1) is 0 Å². The predicted octanol–water partition coefficient (Wildman–Crippen LogP) is 3.19. The Morgan fingerprint density at radius 3 is 2.73 bits per heavy atom. The molecule has 26 heavy (non-hydrogen) atoms. The van der Waals surface area contributed by atoms with E-state index in [1.54, 1.807) is 4.68 Å². The third-order valence-electron chi connectivity index (χ3n) is 4.55. The summed E-state index contributed by atoms with van der Waals surface area (Å²) >= 11 is 0. The van der Waals surface area contributed by atoms with E-state index in [-0.39, 0.29) is 5.91 Å². The topological polar surface area (TPSA) is 74.0 Å². The number of hydrogen-bond acceptors (Lipinski definition) is 4. The summed E-state index contributed by atoms with van der Waals surface area (Å²) in [6.45, 7) is 5.67. The van der Waals surface area contributed by atoms with Crippen LogP contribution in [-0.4, -0.2) is 39.7 Å². The van der Waals surface area contributed by atoms with Gasteiger partial charge < -0.3 is 5.32 Å². The maximum Gasteiger partial charge on any atom is 0.239 e. The second-order valence-corrected chi connectivity index (χ2v) is 7.20. The number of nitrogens with zero attached hydrogens (tertiary/aromatic N) is 4. The van der Waals surface area contributed by atoms with Crippen LogP contribution in [0.2, 0.25) is 0 Å². The Balaban J connectivity index is 1.72. The van der Waals surface area contributed by atoms with Crippen LogP contribution >= 0.6 is 0 Å². The fourth-order valence-electron chi connectivity index (χ4n) is 2.93. The lowest BCUT2D eigenvalue weighted by molar-refractivity contribution is -0.117. The Morgan fingerprint density at radius 2 is 2.12 bits per heavy atom. The summed E-state index contributed by atoms with van der Waals surface area (Å²) in [4.78, 5) is 14.9. The Morgan fingerprint density at radius 1 is 1.38 bits per heavy atom. The first kappa shape index (κ1) is 18.2. The molecule has 0 aliphatic heterocycles. The van der Waals surface area contributed by atoms with Crippen molar-refractivity contribution in [1.29, 1.82) is 5.26 Å². The second kappa shape index (κ2) is 8.15. The molecule has 1 N–H and O–H groups in total. The van der Waals surface area contributed by atoms with Gasteiger partial charge in [-0.1, -0.05) is 32.0 Å². The first-order valence-electron chi connectivity index (χ1n) is 9.16. The normalized spacial score (nSPS) is 13.8. The molecular formula is C20H25N5O. The largest absolute Gasteiger partial charge is 0.308 e. The summed E-state index contributed by atoms with van der Waals surface area (Å²) in [5.41, 5.74) is 1.17. The molecule has 1 heterocycles. The van der Waals surface area contributed by atoms with E-state index in [0.29, 0.717) is 29.9 Å². The van der Waals surface area contributed by atoms with Crippen molar-refractivity contribution < 1.29 is 4.79 Å². The first-order chi connectivity index (χ1) is 12.6. The molecule has 1 aliphatic rings. The van der Waals surface area contributed by atoms with Crippen molar-refractivity contribution in [3.05, 3.63) is 42.1 Å². The summed E-state index contributed by atoms with van der Waals surface area (Å²) in [7, 11) is 0. The van der Waals surface area contributed by atoms with Gasteiger partial charge in [0.25, 0.3) is 0 Å². The van der Waals surface area contributed by atoms with Gasteiger partial charge in [0.05, 0.1) is 18.4 Å². The van der Waals surface area contributed by atoms with E-state index in [9.17, 15) is 10.1 Å². The molecule has 1 fully saturated rings. The SMILES string of the molecule is CC(C)CCN(CC(=O)Nc1c(C#N)cnn1-c1ccccc1)C1CC1. The highest BCUT2D eigenvalue weighted by molar-refractivity contribution is 5.93. The Labute approximate surface area is 154 Å². The molecule has 6 nitrogen and oxygen atoms in total. The summed E-state index contributed by atoms with van der Waals surface area (Å²) in [6.07, 6.45) is 4.89. The molecule has 1 aliphatic carbocycles. The molecular weight excluding hydrogens is 326 g/mol. The fourth-order valence-corrected chi connectivity index (χ4v) is 2.93. The van der Waals surface area contributed by atoms with E-state index in [1.165, 1.54) is 6.20 Å². The standard InChI is InChI=1S/C20H25N5O/c1-15(2)10-11-24(17-8-9-17)14-19(26)23-20-16(12-21)13-22-25(20)18-6-4-3-5-7-18/h3-7,13,15,17H,8-11,14H2,1-2H3,(H,23,26). The number of hydrogen-bond donors (Lipinski definition) is 1. The van der Waals surface area contributed by atoms with E-state index in [1.807, 2.05) is 30.3 Å². The molecule has 0 spiro atoms. The zero-order valence-electron chi connectivity index (χ0n) is 15.4. The van der Waals surface area contributed by atoms with Gasteiger partial charge in [0.15, 0.2) is 5.82 Å². The second-order valence-electron chi connectivity index (χ2n) is 7.20. The smallest absolute Gasteiger partial charge is 0.239 e. The van der Waals surface area contributed by atoms with E-state index < -0.39 is 0 Å². The average Bonchev–Trinajstić information content (AvgIpc) is 3.40. The van der Waals surface area contributed by atoms with Crippen molar-refractivity contribution in [3.8, 4) is 11.8 Å². The number of carbonyl (C=O) groups excluding carboxylic acids is 1. The van der Waals surface area contributed by atoms with Crippen LogP contribution in [0.4, 0.5) is 5.82 Å². The number of aromatic nitrogens is 2. The molecule has 2 aromatic rings. The zero-order valence-corrected chi connectivity index (χ0v) is 15.4. The minimum Gasteiger partial charge on any atom is -0.308 e. The van der Waals surface area contributed by atoms with Crippen molar-refractivity contribution >= 4 is 11.7 Å². The fraction of sp³-hybridized carbons (Fsp3) is 0.450. The molecule has 0 atom stereocenters. The maximum atomic E-state index is 12.6. The maximum absolute atomic E-state index is 12.6. The van der Waals surface area contributed by atoms with Gasteiger partial charge in [0, 0.05) is 6.04 Å². The molecule has 3 rings (SSSR count). The van der Waals surface area contributed by atoms with Crippen LogP contribution in [0.15, 0.2) is 36.5 Å². The van der Waals surface area contributed by atoms with Crippen molar-refractivity contribution in [2.24, 2.45) is 5.92 Å². The van der Waals surface area contributed by atoms with Crippen LogP contribution in [-0.2, 0) is 4.79 Å².